The highest BCUT2D eigenvalue weighted by atomic mass is 16.4. The standard InChI is InChI=1S/C23H25N9O3/c1-30(2)10-5-8-17(33)31-11-9-14(12-31)32-21-18(20(24)25-13-26-21)19(29-32)22(34)28-23-27-15-6-3-4-7-16(15)35-23/h3-8,13-14H,9-12H2,1-2H3,(H2,24,25,26)(H,27,28,34). The van der Waals surface area contributed by atoms with Crippen LogP contribution in [0.3, 0.4) is 0 Å². The number of oxazole rings is 1. The van der Waals surface area contributed by atoms with Crippen LogP contribution in [0.25, 0.3) is 22.1 Å². The lowest BCUT2D eigenvalue weighted by Gasteiger charge is -2.15. The van der Waals surface area contributed by atoms with Gasteiger partial charge in [-0.15, -0.1) is 0 Å². The number of benzene rings is 1. The highest BCUT2D eigenvalue weighted by Crippen LogP contribution is 2.29. The number of hydrogen-bond acceptors (Lipinski definition) is 9. The molecule has 0 bridgehead atoms. The molecular weight excluding hydrogens is 450 g/mol. The first kappa shape index (κ1) is 22.5. The number of aromatic nitrogens is 5. The lowest BCUT2D eigenvalue weighted by molar-refractivity contribution is -0.125. The van der Waals surface area contributed by atoms with Crippen molar-refractivity contribution in [3.05, 3.63) is 48.4 Å². The van der Waals surface area contributed by atoms with Crippen molar-refractivity contribution in [1.29, 1.82) is 0 Å². The molecule has 1 aromatic carbocycles. The maximum absolute atomic E-state index is 13.2. The number of nitrogens with zero attached hydrogens (tertiary/aromatic N) is 7. The van der Waals surface area contributed by atoms with E-state index in [1.54, 1.807) is 27.8 Å². The Morgan fingerprint density at radius 3 is 2.91 bits per heavy atom. The third-order valence-corrected chi connectivity index (χ3v) is 5.80. The van der Waals surface area contributed by atoms with Gasteiger partial charge in [-0.05, 0) is 32.6 Å². The van der Waals surface area contributed by atoms with Crippen LogP contribution < -0.4 is 11.1 Å². The van der Waals surface area contributed by atoms with Gasteiger partial charge in [-0.2, -0.15) is 10.1 Å². The fourth-order valence-corrected chi connectivity index (χ4v) is 4.10. The van der Waals surface area contributed by atoms with Gasteiger partial charge in [0.2, 0.25) is 5.91 Å². The minimum absolute atomic E-state index is 0.0523. The average Bonchev–Trinajstić information content (AvgIpc) is 3.55. The number of likely N-dealkylation sites (N-methyl/N-ethyl adjacent to an activating group) is 1. The van der Waals surface area contributed by atoms with E-state index >= 15 is 0 Å². The van der Waals surface area contributed by atoms with Crippen LogP contribution in [0.1, 0.15) is 23.0 Å². The smallest absolute Gasteiger partial charge is 0.302 e. The second-order valence-corrected chi connectivity index (χ2v) is 8.58. The molecule has 1 atom stereocenters. The molecule has 180 valence electrons. The molecule has 1 saturated heterocycles. The largest absolute Gasteiger partial charge is 0.423 e. The van der Waals surface area contributed by atoms with Gasteiger partial charge in [0, 0.05) is 25.7 Å². The molecule has 0 saturated carbocycles. The quantitative estimate of drug-likeness (QED) is 0.397. The summed E-state index contributed by atoms with van der Waals surface area (Å²) in [7, 11) is 3.88. The van der Waals surface area contributed by atoms with Crippen LogP contribution in [-0.4, -0.2) is 80.1 Å². The van der Waals surface area contributed by atoms with E-state index in [0.29, 0.717) is 48.2 Å². The zero-order valence-electron chi connectivity index (χ0n) is 19.4. The average molecular weight is 476 g/mol. The van der Waals surface area contributed by atoms with E-state index in [4.69, 9.17) is 10.2 Å². The molecule has 0 radical (unpaired) electrons. The second-order valence-electron chi connectivity index (χ2n) is 8.58. The molecule has 12 nitrogen and oxygen atoms in total. The number of carbonyl (C=O) groups is 2. The first-order valence-electron chi connectivity index (χ1n) is 11.2. The number of nitrogens with two attached hydrogens (primary N) is 1. The second kappa shape index (κ2) is 9.14. The first-order chi connectivity index (χ1) is 16.9. The monoisotopic (exact) mass is 475 g/mol. The molecule has 2 amide bonds. The van der Waals surface area contributed by atoms with Gasteiger partial charge in [-0.3, -0.25) is 14.9 Å². The minimum Gasteiger partial charge on any atom is -0.423 e. The normalized spacial score (nSPS) is 16.2. The molecule has 1 aliphatic rings. The Morgan fingerprint density at radius 2 is 2.11 bits per heavy atom. The predicted octanol–water partition coefficient (Wildman–Crippen LogP) is 1.69. The van der Waals surface area contributed by atoms with Gasteiger partial charge in [0.25, 0.3) is 5.91 Å². The zero-order chi connectivity index (χ0) is 24.5. The molecule has 12 heteroatoms. The van der Waals surface area contributed by atoms with Gasteiger partial charge in [-0.1, -0.05) is 18.2 Å². The Balaban J connectivity index is 1.40. The lowest BCUT2D eigenvalue weighted by Crippen LogP contribution is -2.28. The van der Waals surface area contributed by atoms with Crippen molar-refractivity contribution < 1.29 is 14.0 Å². The number of para-hydroxylation sites is 2. The first-order valence-corrected chi connectivity index (χ1v) is 11.2. The Labute approximate surface area is 200 Å². The summed E-state index contributed by atoms with van der Waals surface area (Å²) in [6.45, 7) is 1.70. The Bertz CT molecular complexity index is 1410. The van der Waals surface area contributed by atoms with Crippen LogP contribution in [0.5, 0.6) is 0 Å². The summed E-state index contributed by atoms with van der Waals surface area (Å²) in [6, 6.07) is 7.09. The fourth-order valence-electron chi connectivity index (χ4n) is 4.10. The summed E-state index contributed by atoms with van der Waals surface area (Å²) in [5, 5.41) is 7.54. The summed E-state index contributed by atoms with van der Waals surface area (Å²) in [6.07, 6.45) is 5.42. The van der Waals surface area contributed by atoms with Gasteiger partial charge >= 0.3 is 6.01 Å². The van der Waals surface area contributed by atoms with Gasteiger partial charge in [0.05, 0.1) is 11.4 Å². The van der Waals surface area contributed by atoms with Gasteiger partial charge in [0.1, 0.15) is 17.7 Å². The summed E-state index contributed by atoms with van der Waals surface area (Å²) < 4.78 is 7.26. The van der Waals surface area contributed by atoms with E-state index < -0.39 is 5.91 Å². The predicted molar refractivity (Wildman–Crippen MR) is 130 cm³/mol. The van der Waals surface area contributed by atoms with E-state index in [-0.39, 0.29) is 29.5 Å². The molecule has 4 aromatic rings. The highest BCUT2D eigenvalue weighted by molar-refractivity contribution is 6.12. The molecular formula is C23H25N9O3. The number of fused-ring (bicyclic) bond motifs is 2. The molecule has 3 N–H and O–H groups in total. The SMILES string of the molecule is CN(C)CC=CC(=O)N1CCC(n2nc(C(=O)Nc3nc4ccccc4o3)c3c(N)ncnc32)C1. The Kier molecular flexibility index (Phi) is 5.87. The van der Waals surface area contributed by atoms with Crippen LogP contribution in [0, 0.1) is 0 Å². The molecule has 1 fully saturated rings. The zero-order valence-corrected chi connectivity index (χ0v) is 19.4. The third kappa shape index (κ3) is 4.43. The van der Waals surface area contributed by atoms with Gasteiger partial charge < -0.3 is 20.0 Å². The van der Waals surface area contributed by atoms with Crippen LogP contribution in [0.4, 0.5) is 11.8 Å². The van der Waals surface area contributed by atoms with Crippen LogP contribution in [-0.2, 0) is 4.79 Å². The maximum Gasteiger partial charge on any atom is 0.302 e. The Morgan fingerprint density at radius 1 is 1.29 bits per heavy atom. The molecule has 3 aromatic heterocycles. The summed E-state index contributed by atoms with van der Waals surface area (Å²) in [5.41, 5.74) is 7.79. The van der Waals surface area contributed by atoms with Crippen molar-refractivity contribution >= 4 is 45.8 Å². The molecule has 1 unspecified atom stereocenters. The summed E-state index contributed by atoms with van der Waals surface area (Å²) >= 11 is 0. The number of amides is 2. The third-order valence-electron chi connectivity index (χ3n) is 5.80. The van der Waals surface area contributed by atoms with Crippen LogP contribution in [0.15, 0.2) is 47.2 Å². The van der Waals surface area contributed by atoms with Crippen molar-refractivity contribution in [2.24, 2.45) is 0 Å². The van der Waals surface area contributed by atoms with Crippen molar-refractivity contribution in [2.75, 3.05) is 44.8 Å². The van der Waals surface area contributed by atoms with E-state index in [2.05, 4.69) is 25.4 Å². The highest BCUT2D eigenvalue weighted by Gasteiger charge is 2.31. The fraction of sp³-hybridized carbons (Fsp3) is 0.304. The van der Waals surface area contributed by atoms with E-state index in [1.165, 1.54) is 6.33 Å². The summed E-state index contributed by atoms with van der Waals surface area (Å²) in [5.74, 6) is -0.463. The lowest BCUT2D eigenvalue weighted by atomic mass is 10.2. The van der Waals surface area contributed by atoms with E-state index in [0.717, 1.165) is 0 Å². The van der Waals surface area contributed by atoms with E-state index in [1.807, 2.05) is 37.2 Å². The molecule has 1 aliphatic heterocycles. The molecule has 35 heavy (non-hydrogen) atoms. The van der Waals surface area contributed by atoms with Gasteiger partial charge in [-0.25, -0.2) is 14.6 Å². The Hall–Kier alpha value is -4.32. The number of nitrogen functional groups attached to an aromatic ring is 1. The number of carbonyl (C=O) groups excluding carboxylic acids is 2. The number of nitrogens with one attached hydrogen (secondary N) is 1. The van der Waals surface area contributed by atoms with Crippen LogP contribution in [0.2, 0.25) is 0 Å². The minimum atomic E-state index is -0.542. The number of hydrogen-bond donors (Lipinski definition) is 2. The van der Waals surface area contributed by atoms with Crippen LogP contribution >= 0.6 is 0 Å². The summed E-state index contributed by atoms with van der Waals surface area (Å²) in [4.78, 5) is 42.1. The molecule has 5 rings (SSSR count). The molecule has 0 spiro atoms. The molecule has 0 aliphatic carbocycles. The maximum atomic E-state index is 13.2. The number of rotatable bonds is 6. The van der Waals surface area contributed by atoms with Crippen molar-refractivity contribution in [2.45, 2.75) is 12.5 Å². The van der Waals surface area contributed by atoms with Crippen molar-refractivity contribution in [3.8, 4) is 0 Å². The number of anilines is 2. The topological polar surface area (TPSA) is 148 Å². The van der Waals surface area contributed by atoms with Gasteiger partial charge in [0.15, 0.2) is 16.9 Å². The van der Waals surface area contributed by atoms with Crippen molar-refractivity contribution in [1.82, 2.24) is 34.5 Å². The van der Waals surface area contributed by atoms with E-state index in [9.17, 15) is 9.59 Å². The molecule has 4 heterocycles. The van der Waals surface area contributed by atoms with Crippen molar-refractivity contribution in [3.63, 3.8) is 0 Å². The number of likely N-dealkylation sites (tertiary alicyclic amines) is 1.